The third-order valence-electron chi connectivity index (χ3n) is 5.57. The number of rotatable bonds is 4. The zero-order chi connectivity index (χ0) is 19.7. The van der Waals surface area contributed by atoms with Gasteiger partial charge in [0.15, 0.2) is 5.78 Å². The number of aryl methyl sites for hydroxylation is 1. The van der Waals surface area contributed by atoms with Gasteiger partial charge >= 0.3 is 0 Å². The maximum Gasteiger partial charge on any atom is 0.264 e. The van der Waals surface area contributed by atoms with Gasteiger partial charge in [0.05, 0.1) is 12.0 Å². The summed E-state index contributed by atoms with van der Waals surface area (Å²) < 4.78 is 6.30. The summed E-state index contributed by atoms with van der Waals surface area (Å²) in [6.45, 7) is 3.27. The minimum atomic E-state index is -0.0269. The van der Waals surface area contributed by atoms with E-state index in [1.54, 1.807) is 18.4 Å². The predicted octanol–water partition coefficient (Wildman–Crippen LogP) is 4.95. The number of thiophene rings is 1. The zero-order valence-corrected chi connectivity index (χ0v) is 16.9. The first-order valence-electron chi connectivity index (χ1n) is 9.54. The predicted molar refractivity (Wildman–Crippen MR) is 113 cm³/mol. The molecule has 0 spiro atoms. The van der Waals surface area contributed by atoms with Crippen molar-refractivity contribution in [2.45, 2.75) is 19.8 Å². The highest BCUT2D eigenvalue weighted by Gasteiger charge is 2.29. The van der Waals surface area contributed by atoms with Gasteiger partial charge in [-0.3, -0.25) is 9.59 Å². The summed E-state index contributed by atoms with van der Waals surface area (Å²) in [6, 6.07) is 15.4. The first-order chi connectivity index (χ1) is 13.6. The van der Waals surface area contributed by atoms with Gasteiger partial charge in [0.2, 0.25) is 0 Å². The number of hydrogen-bond acceptors (Lipinski definition) is 4. The van der Waals surface area contributed by atoms with E-state index in [0.717, 1.165) is 26.3 Å². The minimum Gasteiger partial charge on any atom is -0.497 e. The number of methoxy groups -OCH3 is 1. The molecule has 1 saturated heterocycles. The Balaban J connectivity index is 1.43. The quantitative estimate of drug-likeness (QED) is 0.589. The van der Waals surface area contributed by atoms with Gasteiger partial charge in [-0.05, 0) is 61.0 Å². The normalized spacial score (nSPS) is 15.0. The number of ether oxygens (including phenoxy) is 1. The Hall–Kier alpha value is -2.66. The van der Waals surface area contributed by atoms with Crippen LogP contribution < -0.4 is 4.74 Å². The molecule has 3 aromatic rings. The highest BCUT2D eigenvalue weighted by molar-refractivity contribution is 7.21. The van der Waals surface area contributed by atoms with Gasteiger partial charge in [-0.25, -0.2) is 0 Å². The molecule has 0 unspecified atom stereocenters. The van der Waals surface area contributed by atoms with Gasteiger partial charge in [-0.2, -0.15) is 0 Å². The van der Waals surface area contributed by atoms with E-state index in [-0.39, 0.29) is 17.6 Å². The number of Topliss-reactive ketones (excluding diaryl/α,β-unsaturated/α-hetero) is 1. The number of carbonyl (C=O) groups excluding carboxylic acids is 2. The molecule has 28 heavy (non-hydrogen) atoms. The Labute approximate surface area is 168 Å². The summed E-state index contributed by atoms with van der Waals surface area (Å²) >= 11 is 1.56. The lowest BCUT2D eigenvalue weighted by Crippen LogP contribution is -2.40. The van der Waals surface area contributed by atoms with Crippen molar-refractivity contribution >= 4 is 33.1 Å². The molecule has 0 saturated carbocycles. The van der Waals surface area contributed by atoms with Gasteiger partial charge in [-0.1, -0.05) is 18.2 Å². The van der Waals surface area contributed by atoms with Crippen LogP contribution in [0.4, 0.5) is 0 Å². The van der Waals surface area contributed by atoms with E-state index in [2.05, 4.69) is 12.1 Å². The van der Waals surface area contributed by atoms with Gasteiger partial charge in [0.1, 0.15) is 5.75 Å². The molecule has 0 N–H and O–H groups in total. The minimum absolute atomic E-state index is 0.0269. The molecular weight excluding hydrogens is 370 g/mol. The second-order valence-electron chi connectivity index (χ2n) is 7.21. The van der Waals surface area contributed by atoms with Crippen LogP contribution >= 0.6 is 11.3 Å². The molecule has 5 heteroatoms. The Morgan fingerprint density at radius 1 is 1.04 bits per heavy atom. The Kier molecular flexibility index (Phi) is 5.18. The summed E-state index contributed by atoms with van der Waals surface area (Å²) in [4.78, 5) is 28.5. The van der Waals surface area contributed by atoms with Gasteiger partial charge in [0, 0.05) is 29.3 Å². The van der Waals surface area contributed by atoms with Crippen LogP contribution in [0, 0.1) is 12.8 Å². The van der Waals surface area contributed by atoms with E-state index in [1.165, 1.54) is 0 Å². The fourth-order valence-electron chi connectivity index (χ4n) is 3.86. The molecule has 2 aromatic carbocycles. The monoisotopic (exact) mass is 393 g/mol. The molecule has 1 fully saturated rings. The number of piperidine rings is 1. The maximum atomic E-state index is 13.0. The van der Waals surface area contributed by atoms with Crippen molar-refractivity contribution in [2.24, 2.45) is 5.92 Å². The molecule has 0 atom stereocenters. The maximum absolute atomic E-state index is 13.0. The van der Waals surface area contributed by atoms with Crippen molar-refractivity contribution < 1.29 is 14.3 Å². The van der Waals surface area contributed by atoms with Crippen LogP contribution in [-0.4, -0.2) is 36.8 Å². The molecule has 1 aromatic heterocycles. The molecule has 1 amide bonds. The third kappa shape index (κ3) is 3.42. The number of carbonyl (C=O) groups is 2. The second kappa shape index (κ2) is 7.76. The lowest BCUT2D eigenvalue weighted by molar-refractivity contribution is 0.0654. The number of likely N-dealkylation sites (tertiary alicyclic amines) is 1. The van der Waals surface area contributed by atoms with Crippen LogP contribution in [0.5, 0.6) is 5.75 Å². The Bertz CT molecular complexity index is 1010. The van der Waals surface area contributed by atoms with Gasteiger partial charge in [-0.15, -0.1) is 11.3 Å². The van der Waals surface area contributed by atoms with E-state index < -0.39 is 0 Å². The molecule has 0 radical (unpaired) electrons. The van der Waals surface area contributed by atoms with E-state index in [4.69, 9.17) is 4.74 Å². The number of amides is 1. The van der Waals surface area contributed by atoms with Crippen LogP contribution in [0.15, 0.2) is 48.5 Å². The van der Waals surface area contributed by atoms with Crippen LogP contribution in [0.2, 0.25) is 0 Å². The average molecular weight is 394 g/mol. The molecule has 0 bridgehead atoms. The SMILES string of the molecule is COc1ccc(C(=O)C2CCN(C(=O)c3sc4ccccc4c3C)CC2)cc1. The van der Waals surface area contributed by atoms with Crippen LogP contribution in [-0.2, 0) is 0 Å². The summed E-state index contributed by atoms with van der Waals surface area (Å²) in [7, 11) is 1.61. The highest BCUT2D eigenvalue weighted by Crippen LogP contribution is 2.32. The van der Waals surface area contributed by atoms with Crippen molar-refractivity contribution in [3.05, 3.63) is 64.5 Å². The van der Waals surface area contributed by atoms with Crippen molar-refractivity contribution in [1.82, 2.24) is 4.90 Å². The van der Waals surface area contributed by atoms with Crippen molar-refractivity contribution in [3.8, 4) is 5.75 Å². The Morgan fingerprint density at radius 2 is 1.71 bits per heavy atom. The molecule has 1 aliphatic heterocycles. The summed E-state index contributed by atoms with van der Waals surface area (Å²) in [5.41, 5.74) is 1.77. The molecule has 1 aliphatic rings. The highest BCUT2D eigenvalue weighted by atomic mass is 32.1. The van der Waals surface area contributed by atoms with Crippen molar-refractivity contribution in [2.75, 3.05) is 20.2 Å². The third-order valence-corrected chi connectivity index (χ3v) is 6.83. The van der Waals surface area contributed by atoms with Crippen LogP contribution in [0.25, 0.3) is 10.1 Å². The van der Waals surface area contributed by atoms with Gasteiger partial charge in [0.25, 0.3) is 5.91 Å². The van der Waals surface area contributed by atoms with Gasteiger partial charge < -0.3 is 9.64 Å². The first-order valence-corrected chi connectivity index (χ1v) is 10.4. The number of fused-ring (bicyclic) bond motifs is 1. The molecule has 144 valence electrons. The fourth-order valence-corrected chi connectivity index (χ4v) is 5.03. The molecule has 4 nitrogen and oxygen atoms in total. The van der Waals surface area contributed by atoms with Crippen molar-refractivity contribution in [1.29, 1.82) is 0 Å². The number of nitrogens with zero attached hydrogens (tertiary/aromatic N) is 1. The lowest BCUT2D eigenvalue weighted by atomic mass is 9.88. The lowest BCUT2D eigenvalue weighted by Gasteiger charge is -2.31. The number of benzene rings is 2. The standard InChI is InChI=1S/C23H23NO3S/c1-15-19-5-3-4-6-20(19)28-22(15)23(26)24-13-11-17(12-14-24)21(25)16-7-9-18(27-2)10-8-16/h3-10,17H,11-14H2,1-2H3. The molecular formula is C23H23NO3S. The molecule has 0 aliphatic carbocycles. The first kappa shape index (κ1) is 18.7. The number of ketones is 1. The smallest absolute Gasteiger partial charge is 0.264 e. The van der Waals surface area contributed by atoms with Crippen molar-refractivity contribution in [3.63, 3.8) is 0 Å². The molecule has 4 rings (SSSR count). The van der Waals surface area contributed by atoms with Crippen LogP contribution in [0.3, 0.4) is 0 Å². The van der Waals surface area contributed by atoms with E-state index in [1.807, 2.05) is 48.2 Å². The van der Waals surface area contributed by atoms with E-state index in [0.29, 0.717) is 31.5 Å². The fraction of sp³-hybridized carbons (Fsp3) is 0.304. The zero-order valence-electron chi connectivity index (χ0n) is 16.1. The topological polar surface area (TPSA) is 46.6 Å². The summed E-state index contributed by atoms with van der Waals surface area (Å²) in [5, 5.41) is 1.15. The Morgan fingerprint density at radius 3 is 2.36 bits per heavy atom. The summed E-state index contributed by atoms with van der Waals surface area (Å²) in [6.07, 6.45) is 1.42. The molecule has 2 heterocycles. The number of hydrogen-bond donors (Lipinski definition) is 0. The average Bonchev–Trinajstić information content (AvgIpc) is 3.09. The van der Waals surface area contributed by atoms with E-state index >= 15 is 0 Å². The van der Waals surface area contributed by atoms with Crippen LogP contribution in [0.1, 0.15) is 38.4 Å². The van der Waals surface area contributed by atoms with E-state index in [9.17, 15) is 9.59 Å². The second-order valence-corrected chi connectivity index (χ2v) is 8.26. The largest absolute Gasteiger partial charge is 0.497 e. The summed E-state index contributed by atoms with van der Waals surface area (Å²) in [5.74, 6) is 0.971.